The van der Waals surface area contributed by atoms with Crippen molar-refractivity contribution in [3.63, 3.8) is 0 Å². The van der Waals surface area contributed by atoms with Crippen molar-refractivity contribution >= 4 is 23.2 Å². The summed E-state index contributed by atoms with van der Waals surface area (Å²) in [5, 5.41) is 1.03. The smallest absolute Gasteiger partial charge is 0.215 e. The van der Waals surface area contributed by atoms with Gasteiger partial charge in [0.1, 0.15) is 24.3 Å². The zero-order chi connectivity index (χ0) is 23.5. The van der Waals surface area contributed by atoms with Gasteiger partial charge in [0, 0.05) is 47.5 Å². The first-order valence-electron chi connectivity index (χ1n) is 11.0. The van der Waals surface area contributed by atoms with Crippen LogP contribution in [-0.2, 0) is 28.2 Å². The lowest BCUT2D eigenvalue weighted by Crippen LogP contribution is -2.34. The SMILES string of the molecule is CCc1nccn1-c1ccc(OC[C@@H]2CO[C@@](Cn3ccnc3)(c3ccc(Cl)cc3Cl)O2)cc1. The predicted octanol–water partition coefficient (Wildman–Crippen LogP) is 5.29. The molecule has 1 aliphatic rings. The van der Waals surface area contributed by atoms with Gasteiger partial charge in [-0.2, -0.15) is 0 Å². The molecule has 2 aromatic heterocycles. The summed E-state index contributed by atoms with van der Waals surface area (Å²) >= 11 is 12.6. The van der Waals surface area contributed by atoms with Crippen molar-refractivity contribution < 1.29 is 14.2 Å². The number of aryl methyl sites for hydroxylation is 1. The molecule has 0 amide bonds. The Morgan fingerprint density at radius 2 is 1.97 bits per heavy atom. The Morgan fingerprint density at radius 3 is 2.71 bits per heavy atom. The molecular formula is C25H24Cl2N4O3. The Kier molecular flexibility index (Phi) is 6.61. The van der Waals surface area contributed by atoms with Crippen molar-refractivity contribution in [2.75, 3.05) is 13.2 Å². The summed E-state index contributed by atoms with van der Waals surface area (Å²) in [4.78, 5) is 8.50. The maximum absolute atomic E-state index is 6.53. The minimum Gasteiger partial charge on any atom is -0.491 e. The van der Waals surface area contributed by atoms with Crippen LogP contribution >= 0.6 is 23.2 Å². The highest BCUT2D eigenvalue weighted by Crippen LogP contribution is 2.40. The summed E-state index contributed by atoms with van der Waals surface area (Å²) in [6.07, 6.45) is 9.63. The molecule has 34 heavy (non-hydrogen) atoms. The molecule has 5 rings (SSSR count). The molecule has 0 spiro atoms. The monoisotopic (exact) mass is 498 g/mol. The average Bonchev–Trinajstić information content (AvgIpc) is 3.60. The van der Waals surface area contributed by atoms with Gasteiger partial charge in [0.05, 0.1) is 24.5 Å². The van der Waals surface area contributed by atoms with E-state index in [1.54, 1.807) is 24.7 Å². The van der Waals surface area contributed by atoms with E-state index in [9.17, 15) is 0 Å². The number of aromatic nitrogens is 4. The third-order valence-electron chi connectivity index (χ3n) is 5.74. The first-order chi connectivity index (χ1) is 16.6. The van der Waals surface area contributed by atoms with E-state index in [-0.39, 0.29) is 6.10 Å². The second kappa shape index (κ2) is 9.80. The van der Waals surface area contributed by atoms with Crippen molar-refractivity contribution in [2.24, 2.45) is 0 Å². The van der Waals surface area contributed by atoms with E-state index in [1.807, 2.05) is 53.5 Å². The van der Waals surface area contributed by atoms with Crippen molar-refractivity contribution in [1.82, 2.24) is 19.1 Å². The highest BCUT2D eigenvalue weighted by molar-refractivity contribution is 6.35. The number of benzene rings is 2. The van der Waals surface area contributed by atoms with E-state index < -0.39 is 5.79 Å². The van der Waals surface area contributed by atoms with E-state index in [4.69, 9.17) is 37.4 Å². The van der Waals surface area contributed by atoms with Gasteiger partial charge in [0.25, 0.3) is 0 Å². The van der Waals surface area contributed by atoms with Crippen LogP contribution in [0.25, 0.3) is 5.69 Å². The fourth-order valence-corrected chi connectivity index (χ4v) is 4.65. The van der Waals surface area contributed by atoms with E-state index in [1.165, 1.54) is 0 Å². The second-order valence-electron chi connectivity index (χ2n) is 8.03. The van der Waals surface area contributed by atoms with Crippen molar-refractivity contribution in [3.05, 3.63) is 95.0 Å². The van der Waals surface area contributed by atoms with Crippen LogP contribution in [-0.4, -0.2) is 38.4 Å². The zero-order valence-electron chi connectivity index (χ0n) is 18.6. The first-order valence-corrected chi connectivity index (χ1v) is 11.8. The number of rotatable bonds is 8. The molecular weight excluding hydrogens is 475 g/mol. The van der Waals surface area contributed by atoms with Crippen molar-refractivity contribution in [1.29, 1.82) is 0 Å². The van der Waals surface area contributed by atoms with E-state index in [0.717, 1.165) is 23.7 Å². The van der Waals surface area contributed by atoms with E-state index >= 15 is 0 Å². The number of imidazole rings is 2. The largest absolute Gasteiger partial charge is 0.491 e. The minimum atomic E-state index is -1.07. The van der Waals surface area contributed by atoms with Crippen LogP contribution < -0.4 is 4.74 Å². The van der Waals surface area contributed by atoms with Gasteiger partial charge in [-0.15, -0.1) is 0 Å². The van der Waals surface area contributed by atoms with Crippen LogP contribution in [0, 0.1) is 0 Å². The van der Waals surface area contributed by atoms with Gasteiger partial charge in [0.2, 0.25) is 5.79 Å². The Hall–Kier alpha value is -2.84. The number of hydrogen-bond acceptors (Lipinski definition) is 5. The summed E-state index contributed by atoms with van der Waals surface area (Å²) in [7, 11) is 0. The molecule has 3 heterocycles. The van der Waals surface area contributed by atoms with Crippen molar-refractivity contribution in [3.8, 4) is 11.4 Å². The molecule has 9 heteroatoms. The number of halogens is 2. The van der Waals surface area contributed by atoms with Gasteiger partial charge < -0.3 is 23.3 Å². The third-order valence-corrected chi connectivity index (χ3v) is 6.28. The molecule has 1 saturated heterocycles. The van der Waals surface area contributed by atoms with Crippen LogP contribution in [0.1, 0.15) is 18.3 Å². The van der Waals surface area contributed by atoms with E-state index in [2.05, 4.69) is 21.5 Å². The number of nitrogens with zero attached hydrogens (tertiary/aromatic N) is 4. The fourth-order valence-electron chi connectivity index (χ4n) is 4.10. The predicted molar refractivity (Wildman–Crippen MR) is 130 cm³/mol. The standard InChI is InChI=1S/C25H24Cl2N4O3/c1-2-24-29-10-12-31(24)19-4-6-20(7-5-19)32-14-21-15-33-25(34-21,16-30-11-9-28-17-30)22-8-3-18(26)13-23(22)27/h3-13,17,21H,2,14-16H2,1H3/t21-,25-/m1/s1. The van der Waals surface area contributed by atoms with Gasteiger partial charge in [-0.05, 0) is 36.4 Å². The van der Waals surface area contributed by atoms with Gasteiger partial charge in [-0.1, -0.05) is 36.2 Å². The highest BCUT2D eigenvalue weighted by Gasteiger charge is 2.45. The molecule has 0 unspecified atom stereocenters. The van der Waals surface area contributed by atoms with Gasteiger partial charge in [-0.25, -0.2) is 9.97 Å². The van der Waals surface area contributed by atoms with Crippen LogP contribution in [0.2, 0.25) is 10.0 Å². The summed E-state index contributed by atoms with van der Waals surface area (Å²) in [6.45, 7) is 3.18. The molecule has 2 aromatic carbocycles. The Balaban J connectivity index is 1.29. The van der Waals surface area contributed by atoms with Crippen LogP contribution in [0.4, 0.5) is 0 Å². The summed E-state index contributed by atoms with van der Waals surface area (Å²) in [5.74, 6) is 0.695. The van der Waals surface area contributed by atoms with Crippen molar-refractivity contribution in [2.45, 2.75) is 31.8 Å². The Morgan fingerprint density at radius 1 is 1.12 bits per heavy atom. The fraction of sp³-hybridized carbons (Fsp3) is 0.280. The molecule has 0 bridgehead atoms. The molecule has 1 aliphatic heterocycles. The molecule has 0 aliphatic carbocycles. The van der Waals surface area contributed by atoms with Gasteiger partial charge in [-0.3, -0.25) is 0 Å². The zero-order valence-corrected chi connectivity index (χ0v) is 20.1. The maximum atomic E-state index is 6.53. The molecule has 7 nitrogen and oxygen atoms in total. The van der Waals surface area contributed by atoms with E-state index in [0.29, 0.717) is 35.4 Å². The van der Waals surface area contributed by atoms with Crippen LogP contribution in [0.5, 0.6) is 5.75 Å². The third kappa shape index (κ3) is 4.70. The molecule has 1 fully saturated rings. The second-order valence-corrected chi connectivity index (χ2v) is 8.88. The van der Waals surface area contributed by atoms with Gasteiger partial charge >= 0.3 is 0 Å². The van der Waals surface area contributed by atoms with Crippen LogP contribution in [0.3, 0.4) is 0 Å². The molecule has 4 aromatic rings. The summed E-state index contributed by atoms with van der Waals surface area (Å²) < 4.78 is 22.6. The number of ether oxygens (including phenoxy) is 3. The molecule has 176 valence electrons. The Labute approximate surface area is 207 Å². The summed E-state index contributed by atoms with van der Waals surface area (Å²) in [5.41, 5.74) is 1.75. The summed E-state index contributed by atoms with van der Waals surface area (Å²) in [6, 6.07) is 13.2. The normalized spacial score (nSPS) is 20.0. The lowest BCUT2D eigenvalue weighted by molar-refractivity contribution is -0.189. The topological polar surface area (TPSA) is 63.3 Å². The molecule has 0 radical (unpaired) electrons. The van der Waals surface area contributed by atoms with Crippen LogP contribution in [0.15, 0.2) is 73.6 Å². The first kappa shape index (κ1) is 22.9. The molecule has 0 saturated carbocycles. The quantitative estimate of drug-likeness (QED) is 0.330. The maximum Gasteiger partial charge on any atom is 0.215 e. The lowest BCUT2D eigenvalue weighted by Gasteiger charge is -2.30. The average molecular weight is 499 g/mol. The molecule has 2 atom stereocenters. The lowest BCUT2D eigenvalue weighted by atomic mass is 10.1. The minimum absolute atomic E-state index is 0.282. The highest BCUT2D eigenvalue weighted by atomic mass is 35.5. The molecule has 0 N–H and O–H groups in total. The number of hydrogen-bond donors (Lipinski definition) is 0. The van der Waals surface area contributed by atoms with Gasteiger partial charge in [0.15, 0.2) is 0 Å². The Bertz CT molecular complexity index is 1240.